The quantitative estimate of drug-likeness (QED) is 0.611. The van der Waals surface area contributed by atoms with E-state index < -0.39 is 0 Å². The molecule has 0 aliphatic carbocycles. The minimum atomic E-state index is -0.206. The van der Waals surface area contributed by atoms with Crippen molar-refractivity contribution in [1.29, 1.82) is 0 Å². The van der Waals surface area contributed by atoms with Gasteiger partial charge in [-0.25, -0.2) is 0 Å². The molecule has 0 N–H and O–H groups in total. The van der Waals surface area contributed by atoms with Crippen molar-refractivity contribution in [2.45, 2.75) is 39.2 Å². The summed E-state index contributed by atoms with van der Waals surface area (Å²) >= 11 is 0. The van der Waals surface area contributed by atoms with E-state index in [0.29, 0.717) is 13.0 Å². The fourth-order valence-electron chi connectivity index (χ4n) is 0.831. The molecule has 0 unspecified atom stereocenters. The predicted molar refractivity (Wildman–Crippen MR) is 51.8 cm³/mol. The van der Waals surface area contributed by atoms with E-state index in [9.17, 15) is 4.79 Å². The zero-order valence-corrected chi connectivity index (χ0v) is 9.05. The molecule has 0 fully saturated rings. The molecule has 3 nitrogen and oxygen atoms in total. The molecule has 0 atom stereocenters. The Labute approximate surface area is 80.4 Å². The van der Waals surface area contributed by atoms with Crippen molar-refractivity contribution >= 4 is 5.78 Å². The van der Waals surface area contributed by atoms with E-state index in [1.165, 1.54) is 0 Å². The fourth-order valence-corrected chi connectivity index (χ4v) is 0.831. The minimum absolute atomic E-state index is 0.145. The Balaban J connectivity index is 3.57. The first-order valence-corrected chi connectivity index (χ1v) is 4.66. The van der Waals surface area contributed by atoms with Gasteiger partial charge in [-0.05, 0) is 27.2 Å². The Morgan fingerprint density at radius 3 is 2.46 bits per heavy atom. The summed E-state index contributed by atoms with van der Waals surface area (Å²) in [7, 11) is 1.66. The number of carbonyl (C=O) groups is 1. The van der Waals surface area contributed by atoms with Crippen LogP contribution < -0.4 is 0 Å². The van der Waals surface area contributed by atoms with Crippen LogP contribution in [0.5, 0.6) is 0 Å². The lowest BCUT2D eigenvalue weighted by molar-refractivity contribution is -0.124. The molecule has 0 aliphatic rings. The van der Waals surface area contributed by atoms with Gasteiger partial charge in [-0.1, -0.05) is 0 Å². The van der Waals surface area contributed by atoms with Crippen LogP contribution in [0.15, 0.2) is 0 Å². The van der Waals surface area contributed by atoms with Gasteiger partial charge >= 0.3 is 0 Å². The molecule has 3 heteroatoms. The van der Waals surface area contributed by atoms with Crippen LogP contribution in [0.1, 0.15) is 33.6 Å². The topological polar surface area (TPSA) is 35.5 Å². The van der Waals surface area contributed by atoms with Gasteiger partial charge in [0.05, 0.1) is 5.60 Å². The summed E-state index contributed by atoms with van der Waals surface area (Å²) in [6, 6.07) is 0. The molecule has 0 spiro atoms. The molecule has 0 aliphatic heterocycles. The summed E-state index contributed by atoms with van der Waals surface area (Å²) in [6.07, 6.45) is 1.27. The first-order chi connectivity index (χ1) is 6.02. The van der Waals surface area contributed by atoms with E-state index in [0.717, 1.165) is 6.42 Å². The highest BCUT2D eigenvalue weighted by atomic mass is 16.5. The highest BCUT2D eigenvalue weighted by Gasteiger charge is 2.17. The average molecular weight is 188 g/mol. The Morgan fingerprint density at radius 1 is 1.38 bits per heavy atom. The van der Waals surface area contributed by atoms with Gasteiger partial charge in [0.15, 0.2) is 5.78 Å². The van der Waals surface area contributed by atoms with Gasteiger partial charge in [-0.2, -0.15) is 0 Å². The highest BCUT2D eigenvalue weighted by molar-refractivity contribution is 5.79. The minimum Gasteiger partial charge on any atom is -0.379 e. The third kappa shape index (κ3) is 6.72. The molecule has 0 amide bonds. The summed E-state index contributed by atoms with van der Waals surface area (Å²) in [5.41, 5.74) is -0.206. The number of ketones is 1. The van der Waals surface area contributed by atoms with Crippen molar-refractivity contribution in [2.24, 2.45) is 0 Å². The third-order valence-electron chi connectivity index (χ3n) is 2.03. The third-order valence-corrected chi connectivity index (χ3v) is 2.03. The second-order valence-electron chi connectivity index (χ2n) is 3.64. The van der Waals surface area contributed by atoms with Crippen LogP contribution in [-0.2, 0) is 14.3 Å². The molecule has 0 rings (SSSR count). The number of hydrogen-bond acceptors (Lipinski definition) is 3. The standard InChI is InChI=1S/C10H20O3/c1-5-13-8-9(11)6-7-10(2,3)12-4/h5-8H2,1-4H3. The molecule has 0 aromatic heterocycles. The monoisotopic (exact) mass is 188 g/mol. The van der Waals surface area contributed by atoms with E-state index in [1.54, 1.807) is 7.11 Å². The molecule has 0 aromatic carbocycles. The van der Waals surface area contributed by atoms with Crippen molar-refractivity contribution < 1.29 is 14.3 Å². The predicted octanol–water partition coefficient (Wildman–Crippen LogP) is 1.80. The maximum atomic E-state index is 11.2. The Morgan fingerprint density at radius 2 is 2.00 bits per heavy atom. The maximum absolute atomic E-state index is 11.2. The van der Waals surface area contributed by atoms with Crippen LogP contribution in [0.2, 0.25) is 0 Å². The molecular weight excluding hydrogens is 168 g/mol. The molecule has 0 radical (unpaired) electrons. The van der Waals surface area contributed by atoms with E-state index >= 15 is 0 Å². The Bertz CT molecular complexity index is 152. The molecule has 0 aromatic rings. The lowest BCUT2D eigenvalue weighted by Gasteiger charge is -2.22. The van der Waals surface area contributed by atoms with Gasteiger partial charge in [-0.3, -0.25) is 4.79 Å². The van der Waals surface area contributed by atoms with Crippen molar-refractivity contribution in [3.8, 4) is 0 Å². The zero-order chi connectivity index (χ0) is 10.3. The first-order valence-electron chi connectivity index (χ1n) is 4.66. The van der Waals surface area contributed by atoms with Crippen LogP contribution in [0, 0.1) is 0 Å². The summed E-state index contributed by atoms with van der Waals surface area (Å²) in [5, 5.41) is 0. The van der Waals surface area contributed by atoms with Crippen LogP contribution in [-0.4, -0.2) is 31.7 Å². The molecule has 0 saturated carbocycles. The van der Waals surface area contributed by atoms with Crippen molar-refractivity contribution in [3.63, 3.8) is 0 Å². The summed E-state index contributed by atoms with van der Waals surface area (Å²) < 4.78 is 10.2. The smallest absolute Gasteiger partial charge is 0.158 e. The van der Waals surface area contributed by atoms with Gasteiger partial charge < -0.3 is 9.47 Å². The highest BCUT2D eigenvalue weighted by Crippen LogP contribution is 2.15. The summed E-state index contributed by atoms with van der Waals surface area (Å²) in [6.45, 7) is 6.66. The zero-order valence-electron chi connectivity index (χ0n) is 9.05. The van der Waals surface area contributed by atoms with E-state index in [4.69, 9.17) is 9.47 Å². The number of methoxy groups -OCH3 is 1. The second kappa shape index (κ2) is 6.11. The Hall–Kier alpha value is -0.410. The lowest BCUT2D eigenvalue weighted by Crippen LogP contribution is -2.24. The second-order valence-corrected chi connectivity index (χ2v) is 3.64. The fraction of sp³-hybridized carbons (Fsp3) is 0.900. The van der Waals surface area contributed by atoms with E-state index in [2.05, 4.69) is 0 Å². The van der Waals surface area contributed by atoms with E-state index in [-0.39, 0.29) is 18.0 Å². The SMILES string of the molecule is CCOCC(=O)CCC(C)(C)OC. The van der Waals surface area contributed by atoms with Crippen molar-refractivity contribution in [3.05, 3.63) is 0 Å². The molecule has 0 heterocycles. The van der Waals surface area contributed by atoms with Gasteiger partial charge in [-0.15, -0.1) is 0 Å². The Kier molecular flexibility index (Phi) is 5.91. The van der Waals surface area contributed by atoms with Gasteiger partial charge in [0.1, 0.15) is 6.61 Å². The van der Waals surface area contributed by atoms with Crippen LogP contribution in [0.3, 0.4) is 0 Å². The number of carbonyl (C=O) groups excluding carboxylic acids is 1. The van der Waals surface area contributed by atoms with Crippen LogP contribution in [0.4, 0.5) is 0 Å². The van der Waals surface area contributed by atoms with Crippen LogP contribution >= 0.6 is 0 Å². The largest absolute Gasteiger partial charge is 0.379 e. The average Bonchev–Trinajstić information content (AvgIpc) is 2.11. The molecule has 0 bridgehead atoms. The van der Waals surface area contributed by atoms with Crippen molar-refractivity contribution in [1.82, 2.24) is 0 Å². The van der Waals surface area contributed by atoms with E-state index in [1.807, 2.05) is 20.8 Å². The molecule has 13 heavy (non-hydrogen) atoms. The molecule has 78 valence electrons. The normalized spacial score (nSPS) is 11.7. The van der Waals surface area contributed by atoms with Gasteiger partial charge in [0.2, 0.25) is 0 Å². The van der Waals surface area contributed by atoms with Crippen LogP contribution in [0.25, 0.3) is 0 Å². The number of rotatable bonds is 7. The van der Waals surface area contributed by atoms with Crippen molar-refractivity contribution in [2.75, 3.05) is 20.3 Å². The number of hydrogen-bond donors (Lipinski definition) is 0. The molecular formula is C10H20O3. The lowest BCUT2D eigenvalue weighted by atomic mass is 10.0. The number of ether oxygens (including phenoxy) is 2. The molecule has 0 saturated heterocycles. The summed E-state index contributed by atoms with van der Waals surface area (Å²) in [5.74, 6) is 0.145. The van der Waals surface area contributed by atoms with Gasteiger partial charge in [0, 0.05) is 20.1 Å². The first kappa shape index (κ1) is 12.6. The number of Topliss-reactive ketones (excluding diaryl/α,β-unsaturated/α-hetero) is 1. The summed E-state index contributed by atoms with van der Waals surface area (Å²) in [4.78, 5) is 11.2. The van der Waals surface area contributed by atoms with Gasteiger partial charge in [0.25, 0.3) is 0 Å². The maximum Gasteiger partial charge on any atom is 0.158 e.